The topological polar surface area (TPSA) is 12.4 Å². The standard InChI is InChI=1S/C12H26NP/c1-11(2)9-7-8-10-12(3,4)14(5,6)13-11/h7-10H2,1-6H3. The highest BCUT2D eigenvalue weighted by atomic mass is 31.2. The van der Waals surface area contributed by atoms with Gasteiger partial charge in [0.25, 0.3) is 0 Å². The normalized spacial score (nSPS) is 29.9. The van der Waals surface area contributed by atoms with Crippen molar-refractivity contribution in [2.45, 2.75) is 64.1 Å². The van der Waals surface area contributed by atoms with Gasteiger partial charge >= 0.3 is 0 Å². The predicted molar refractivity (Wildman–Crippen MR) is 67.8 cm³/mol. The van der Waals surface area contributed by atoms with Crippen molar-refractivity contribution < 1.29 is 0 Å². The smallest absolute Gasteiger partial charge is 0.0537 e. The average Bonchev–Trinajstić information content (AvgIpc) is 1.94. The fraction of sp³-hybridized carbons (Fsp3) is 1.00. The molecule has 0 amide bonds. The second kappa shape index (κ2) is 3.67. The Hall–Kier alpha value is 0.230. The third-order valence-corrected chi connectivity index (χ3v) is 8.06. The van der Waals surface area contributed by atoms with Crippen LogP contribution in [0, 0.1) is 0 Å². The summed E-state index contributed by atoms with van der Waals surface area (Å²) < 4.78 is 5.16. The van der Waals surface area contributed by atoms with E-state index in [0.717, 1.165) is 0 Å². The van der Waals surface area contributed by atoms with Crippen LogP contribution in [0.3, 0.4) is 0 Å². The SMILES string of the molecule is CC1(C)CCCCC(C)(C)P(C)(C)=N1. The lowest BCUT2D eigenvalue weighted by Gasteiger charge is -2.40. The van der Waals surface area contributed by atoms with Gasteiger partial charge in [-0.1, -0.05) is 26.7 Å². The fourth-order valence-corrected chi connectivity index (χ4v) is 4.68. The Labute approximate surface area is 89.7 Å². The van der Waals surface area contributed by atoms with Gasteiger partial charge in [0.15, 0.2) is 0 Å². The van der Waals surface area contributed by atoms with Crippen molar-refractivity contribution in [1.82, 2.24) is 0 Å². The van der Waals surface area contributed by atoms with Crippen molar-refractivity contribution in [2.24, 2.45) is 4.74 Å². The third-order valence-electron chi connectivity index (χ3n) is 3.83. The molecule has 0 saturated heterocycles. The van der Waals surface area contributed by atoms with Gasteiger partial charge in [-0.05, 0) is 52.2 Å². The summed E-state index contributed by atoms with van der Waals surface area (Å²) >= 11 is 0. The lowest BCUT2D eigenvalue weighted by molar-refractivity contribution is 0.425. The number of nitrogens with zero attached hydrogens (tertiary/aromatic N) is 1. The molecule has 1 nitrogen and oxygen atoms in total. The van der Waals surface area contributed by atoms with Gasteiger partial charge in [0.05, 0.1) is 5.54 Å². The Morgan fingerprint density at radius 3 is 2.00 bits per heavy atom. The number of rotatable bonds is 0. The zero-order valence-electron chi connectivity index (χ0n) is 10.7. The first-order chi connectivity index (χ1) is 6.16. The number of hydrogen-bond acceptors (Lipinski definition) is 1. The van der Waals surface area contributed by atoms with Crippen molar-refractivity contribution in [3.63, 3.8) is 0 Å². The molecule has 0 aliphatic carbocycles. The van der Waals surface area contributed by atoms with Gasteiger partial charge < -0.3 is 0 Å². The molecule has 1 aliphatic heterocycles. The van der Waals surface area contributed by atoms with Crippen LogP contribution < -0.4 is 0 Å². The van der Waals surface area contributed by atoms with Crippen LogP contribution in [-0.4, -0.2) is 24.0 Å². The van der Waals surface area contributed by atoms with E-state index in [0.29, 0.717) is 5.16 Å². The molecular weight excluding hydrogens is 189 g/mol. The van der Waals surface area contributed by atoms with Crippen molar-refractivity contribution in [3.8, 4) is 0 Å². The first kappa shape index (κ1) is 12.3. The van der Waals surface area contributed by atoms with Gasteiger partial charge in [-0.25, -0.2) is 0 Å². The molecule has 14 heavy (non-hydrogen) atoms. The van der Waals surface area contributed by atoms with Crippen LogP contribution in [0.25, 0.3) is 0 Å². The molecule has 84 valence electrons. The van der Waals surface area contributed by atoms with Crippen LogP contribution in [0.5, 0.6) is 0 Å². The maximum atomic E-state index is 5.16. The molecule has 1 aliphatic rings. The summed E-state index contributed by atoms with van der Waals surface area (Å²) in [4.78, 5) is 0. The van der Waals surface area contributed by atoms with Crippen LogP contribution in [0.15, 0.2) is 4.74 Å². The van der Waals surface area contributed by atoms with Gasteiger partial charge in [0.1, 0.15) is 0 Å². The van der Waals surface area contributed by atoms with Crippen LogP contribution in [0.1, 0.15) is 53.4 Å². The first-order valence-electron chi connectivity index (χ1n) is 5.75. The molecule has 0 atom stereocenters. The van der Waals surface area contributed by atoms with E-state index in [4.69, 9.17) is 4.74 Å². The molecule has 0 spiro atoms. The molecule has 0 fully saturated rings. The van der Waals surface area contributed by atoms with Crippen molar-refractivity contribution in [1.29, 1.82) is 0 Å². The first-order valence-corrected chi connectivity index (χ1v) is 8.38. The van der Waals surface area contributed by atoms with E-state index in [1.165, 1.54) is 25.7 Å². The van der Waals surface area contributed by atoms with Crippen molar-refractivity contribution in [3.05, 3.63) is 0 Å². The molecule has 0 radical (unpaired) electrons. The summed E-state index contributed by atoms with van der Waals surface area (Å²) in [5.41, 5.74) is 0.217. The molecule has 1 heterocycles. The molecule has 0 aromatic rings. The maximum Gasteiger partial charge on any atom is 0.0537 e. The summed E-state index contributed by atoms with van der Waals surface area (Å²) in [6.45, 7) is 14.2. The summed E-state index contributed by atoms with van der Waals surface area (Å²) in [7, 11) is -1.11. The van der Waals surface area contributed by atoms with E-state index >= 15 is 0 Å². The van der Waals surface area contributed by atoms with Gasteiger partial charge in [-0.3, -0.25) is 4.74 Å². The summed E-state index contributed by atoms with van der Waals surface area (Å²) in [5, 5.41) is 0.449. The van der Waals surface area contributed by atoms with Gasteiger partial charge in [0.2, 0.25) is 0 Å². The fourth-order valence-electron chi connectivity index (χ4n) is 2.25. The minimum absolute atomic E-state index is 0.217. The Morgan fingerprint density at radius 2 is 1.43 bits per heavy atom. The minimum atomic E-state index is -1.11. The van der Waals surface area contributed by atoms with Gasteiger partial charge in [-0.2, -0.15) is 0 Å². The monoisotopic (exact) mass is 215 g/mol. The van der Waals surface area contributed by atoms with Crippen molar-refractivity contribution >= 4 is 7.05 Å². The Bertz CT molecular complexity index is 257. The molecular formula is C12H26NP. The molecule has 2 heteroatoms. The Balaban J connectivity index is 3.12. The molecule has 0 N–H and O–H groups in total. The molecule has 1 rings (SSSR count). The van der Waals surface area contributed by atoms with Crippen molar-refractivity contribution in [2.75, 3.05) is 13.3 Å². The largest absolute Gasteiger partial charge is 0.297 e. The highest BCUT2D eigenvalue weighted by Gasteiger charge is 2.33. The second-order valence-electron chi connectivity index (χ2n) is 6.33. The summed E-state index contributed by atoms with van der Waals surface area (Å²) in [6.07, 6.45) is 5.36. The second-order valence-corrected chi connectivity index (χ2v) is 10.5. The quantitative estimate of drug-likeness (QED) is 0.524. The molecule has 0 saturated carbocycles. The summed E-state index contributed by atoms with van der Waals surface area (Å²) in [5.74, 6) is 0. The zero-order valence-corrected chi connectivity index (χ0v) is 11.6. The Kier molecular flexibility index (Phi) is 3.22. The van der Waals surface area contributed by atoms with E-state index < -0.39 is 7.05 Å². The lowest BCUT2D eigenvalue weighted by Crippen LogP contribution is -2.26. The maximum absolute atomic E-state index is 5.16. The van der Waals surface area contributed by atoms with Crippen LogP contribution in [0.4, 0.5) is 0 Å². The third kappa shape index (κ3) is 2.63. The molecule has 0 aromatic heterocycles. The van der Waals surface area contributed by atoms with E-state index in [-0.39, 0.29) is 5.54 Å². The van der Waals surface area contributed by atoms with E-state index in [1.54, 1.807) is 0 Å². The van der Waals surface area contributed by atoms with Gasteiger partial charge in [0, 0.05) is 0 Å². The Morgan fingerprint density at radius 1 is 0.929 bits per heavy atom. The molecule has 0 bridgehead atoms. The van der Waals surface area contributed by atoms with Crippen LogP contribution >= 0.6 is 7.05 Å². The zero-order chi connectivity index (χ0) is 11.0. The van der Waals surface area contributed by atoms with E-state index in [9.17, 15) is 0 Å². The molecule has 0 aromatic carbocycles. The van der Waals surface area contributed by atoms with Gasteiger partial charge in [-0.15, -0.1) is 0 Å². The lowest BCUT2D eigenvalue weighted by atomic mass is 9.96. The number of hydrogen-bond donors (Lipinski definition) is 0. The van der Waals surface area contributed by atoms with Crippen LogP contribution in [0.2, 0.25) is 0 Å². The minimum Gasteiger partial charge on any atom is -0.297 e. The highest BCUT2D eigenvalue weighted by molar-refractivity contribution is 7.66. The average molecular weight is 215 g/mol. The van der Waals surface area contributed by atoms with E-state index in [2.05, 4.69) is 41.0 Å². The predicted octanol–water partition coefficient (Wildman–Crippen LogP) is 4.58. The molecule has 0 unspecified atom stereocenters. The summed E-state index contributed by atoms with van der Waals surface area (Å²) in [6, 6.07) is 0. The van der Waals surface area contributed by atoms with E-state index in [1.807, 2.05) is 0 Å². The van der Waals surface area contributed by atoms with Crippen LogP contribution in [-0.2, 0) is 0 Å². The highest BCUT2D eigenvalue weighted by Crippen LogP contribution is 2.59.